The van der Waals surface area contributed by atoms with Crippen LogP contribution in [0.3, 0.4) is 0 Å². The van der Waals surface area contributed by atoms with E-state index in [1.807, 2.05) is 32.0 Å². The predicted molar refractivity (Wildman–Crippen MR) is 102 cm³/mol. The maximum absolute atomic E-state index is 13.0. The van der Waals surface area contributed by atoms with Crippen LogP contribution in [0, 0.1) is 19.7 Å². The zero-order chi connectivity index (χ0) is 18.5. The number of para-hydroxylation sites is 1. The molecule has 0 aliphatic carbocycles. The molecule has 1 aromatic heterocycles. The van der Waals surface area contributed by atoms with Gasteiger partial charge >= 0.3 is 0 Å². The van der Waals surface area contributed by atoms with Crippen LogP contribution in [-0.2, 0) is 18.9 Å². The van der Waals surface area contributed by atoms with Crippen molar-refractivity contribution in [3.05, 3.63) is 70.8 Å². The van der Waals surface area contributed by atoms with E-state index in [-0.39, 0.29) is 5.82 Å². The lowest BCUT2D eigenvalue weighted by Crippen LogP contribution is -2.08. The molecule has 0 saturated heterocycles. The molecule has 0 fully saturated rings. The van der Waals surface area contributed by atoms with E-state index in [4.69, 9.17) is 4.74 Å². The average molecular weight is 371 g/mol. The molecule has 136 valence electrons. The van der Waals surface area contributed by atoms with Crippen molar-refractivity contribution in [2.24, 2.45) is 0 Å². The van der Waals surface area contributed by atoms with Crippen LogP contribution in [0.5, 0.6) is 5.75 Å². The molecule has 0 unspecified atom stereocenters. The Morgan fingerprint density at radius 2 is 1.73 bits per heavy atom. The number of aryl methyl sites for hydroxylation is 2. The third-order valence-electron chi connectivity index (χ3n) is 4.15. The number of hydrogen-bond donors (Lipinski definition) is 0. The smallest absolute Gasteiger partial charge is 0.191 e. The van der Waals surface area contributed by atoms with E-state index >= 15 is 0 Å². The molecule has 4 nitrogen and oxygen atoms in total. The Bertz CT molecular complexity index is 857. The molecule has 0 aliphatic heterocycles. The fourth-order valence-electron chi connectivity index (χ4n) is 2.74. The molecule has 0 atom stereocenters. The normalized spacial score (nSPS) is 10.9. The fourth-order valence-corrected chi connectivity index (χ4v) is 3.72. The lowest BCUT2D eigenvalue weighted by molar-refractivity contribution is 0.284. The van der Waals surface area contributed by atoms with Crippen LogP contribution < -0.4 is 4.74 Å². The van der Waals surface area contributed by atoms with E-state index in [1.54, 1.807) is 23.9 Å². The Labute approximate surface area is 157 Å². The van der Waals surface area contributed by atoms with Gasteiger partial charge < -0.3 is 9.30 Å². The summed E-state index contributed by atoms with van der Waals surface area (Å²) in [6, 6.07) is 12.6. The first-order valence-corrected chi connectivity index (χ1v) is 9.55. The van der Waals surface area contributed by atoms with E-state index in [2.05, 4.69) is 21.7 Å². The summed E-state index contributed by atoms with van der Waals surface area (Å²) in [5.74, 6) is 2.20. The number of ether oxygens (including phenoxy) is 1. The van der Waals surface area contributed by atoms with Gasteiger partial charge in [0.05, 0.1) is 0 Å². The van der Waals surface area contributed by atoms with Gasteiger partial charge in [-0.3, -0.25) is 0 Å². The summed E-state index contributed by atoms with van der Waals surface area (Å²) in [7, 11) is 0. The van der Waals surface area contributed by atoms with Crippen molar-refractivity contribution in [2.45, 2.75) is 44.8 Å². The SMILES string of the molecule is CCn1c(COc2c(C)cccc2C)nnc1SCc1ccc(F)cc1. The summed E-state index contributed by atoms with van der Waals surface area (Å²) in [6.07, 6.45) is 0. The Kier molecular flexibility index (Phi) is 5.93. The summed E-state index contributed by atoms with van der Waals surface area (Å²) in [4.78, 5) is 0. The highest BCUT2D eigenvalue weighted by molar-refractivity contribution is 7.98. The Morgan fingerprint density at radius 3 is 2.38 bits per heavy atom. The van der Waals surface area contributed by atoms with Gasteiger partial charge in [-0.2, -0.15) is 0 Å². The lowest BCUT2D eigenvalue weighted by Gasteiger charge is -2.12. The highest BCUT2D eigenvalue weighted by atomic mass is 32.2. The van der Waals surface area contributed by atoms with Crippen LogP contribution in [0.1, 0.15) is 29.4 Å². The van der Waals surface area contributed by atoms with Gasteiger partial charge in [-0.1, -0.05) is 42.1 Å². The highest BCUT2D eigenvalue weighted by Gasteiger charge is 2.13. The van der Waals surface area contributed by atoms with Gasteiger partial charge in [0.2, 0.25) is 0 Å². The molecule has 1 heterocycles. The molecule has 3 aromatic rings. The molecule has 0 N–H and O–H groups in total. The molecule has 26 heavy (non-hydrogen) atoms. The first-order valence-electron chi connectivity index (χ1n) is 8.56. The summed E-state index contributed by atoms with van der Waals surface area (Å²) in [5, 5.41) is 9.44. The quantitative estimate of drug-likeness (QED) is 0.553. The van der Waals surface area contributed by atoms with Crippen molar-refractivity contribution >= 4 is 11.8 Å². The first kappa shape index (κ1) is 18.5. The molecule has 6 heteroatoms. The summed E-state index contributed by atoms with van der Waals surface area (Å²) in [6.45, 7) is 7.29. The van der Waals surface area contributed by atoms with Crippen LogP contribution in [0.2, 0.25) is 0 Å². The molecule has 0 amide bonds. The second kappa shape index (κ2) is 8.36. The lowest BCUT2D eigenvalue weighted by atomic mass is 10.1. The molecular formula is C20H22FN3OS. The van der Waals surface area contributed by atoms with Crippen molar-refractivity contribution in [3.63, 3.8) is 0 Å². The number of hydrogen-bond acceptors (Lipinski definition) is 4. The van der Waals surface area contributed by atoms with E-state index in [0.717, 1.165) is 45.7 Å². The second-order valence-electron chi connectivity index (χ2n) is 6.07. The van der Waals surface area contributed by atoms with Gasteiger partial charge in [-0.05, 0) is 49.6 Å². The zero-order valence-electron chi connectivity index (χ0n) is 15.2. The van der Waals surface area contributed by atoms with Crippen LogP contribution in [-0.4, -0.2) is 14.8 Å². The number of aromatic nitrogens is 3. The molecule has 0 aliphatic rings. The minimum absolute atomic E-state index is 0.221. The van der Waals surface area contributed by atoms with Crippen molar-refractivity contribution in [1.29, 1.82) is 0 Å². The minimum atomic E-state index is -0.221. The molecule has 2 aromatic carbocycles. The van der Waals surface area contributed by atoms with Gasteiger partial charge in [0.25, 0.3) is 0 Å². The van der Waals surface area contributed by atoms with E-state index in [1.165, 1.54) is 12.1 Å². The number of halogens is 1. The monoisotopic (exact) mass is 371 g/mol. The number of nitrogens with zero attached hydrogens (tertiary/aromatic N) is 3. The molecule has 0 saturated carbocycles. The van der Waals surface area contributed by atoms with Gasteiger partial charge in [-0.25, -0.2) is 4.39 Å². The molecule has 0 radical (unpaired) electrons. The van der Waals surface area contributed by atoms with Crippen molar-refractivity contribution < 1.29 is 9.13 Å². The Hall–Kier alpha value is -2.34. The van der Waals surface area contributed by atoms with Crippen molar-refractivity contribution in [1.82, 2.24) is 14.8 Å². The third kappa shape index (κ3) is 4.25. The summed E-state index contributed by atoms with van der Waals surface area (Å²) >= 11 is 1.59. The molecule has 0 spiro atoms. The summed E-state index contributed by atoms with van der Waals surface area (Å²) < 4.78 is 21.1. The fraction of sp³-hybridized carbons (Fsp3) is 0.300. The molecular weight excluding hydrogens is 349 g/mol. The highest BCUT2D eigenvalue weighted by Crippen LogP contribution is 2.25. The topological polar surface area (TPSA) is 39.9 Å². The maximum atomic E-state index is 13.0. The average Bonchev–Trinajstić information content (AvgIpc) is 3.03. The standard InChI is InChI=1S/C20H22FN3OS/c1-4-24-18(12-25-19-14(2)6-5-7-15(19)3)22-23-20(24)26-13-16-8-10-17(21)11-9-16/h5-11H,4,12-13H2,1-3H3. The number of thioether (sulfide) groups is 1. The third-order valence-corrected chi connectivity index (χ3v) is 5.18. The van der Waals surface area contributed by atoms with Gasteiger partial charge in [0.1, 0.15) is 18.2 Å². The van der Waals surface area contributed by atoms with Gasteiger partial charge in [0.15, 0.2) is 11.0 Å². The van der Waals surface area contributed by atoms with Crippen LogP contribution >= 0.6 is 11.8 Å². The Morgan fingerprint density at radius 1 is 1.04 bits per heavy atom. The van der Waals surface area contributed by atoms with Crippen molar-refractivity contribution in [3.8, 4) is 5.75 Å². The minimum Gasteiger partial charge on any atom is -0.485 e. The Balaban J connectivity index is 1.68. The van der Waals surface area contributed by atoms with Gasteiger partial charge in [-0.15, -0.1) is 10.2 Å². The van der Waals surface area contributed by atoms with E-state index in [9.17, 15) is 4.39 Å². The summed E-state index contributed by atoms with van der Waals surface area (Å²) in [5.41, 5.74) is 3.27. The molecule has 0 bridgehead atoms. The van der Waals surface area contributed by atoms with Crippen LogP contribution in [0.15, 0.2) is 47.6 Å². The van der Waals surface area contributed by atoms with Crippen molar-refractivity contribution in [2.75, 3.05) is 0 Å². The van der Waals surface area contributed by atoms with Crippen LogP contribution in [0.4, 0.5) is 4.39 Å². The second-order valence-corrected chi connectivity index (χ2v) is 7.01. The number of rotatable bonds is 7. The first-order chi connectivity index (χ1) is 12.6. The maximum Gasteiger partial charge on any atom is 0.191 e. The largest absolute Gasteiger partial charge is 0.485 e. The molecule has 3 rings (SSSR count). The van der Waals surface area contributed by atoms with Crippen LogP contribution in [0.25, 0.3) is 0 Å². The van der Waals surface area contributed by atoms with E-state index in [0.29, 0.717) is 6.61 Å². The zero-order valence-corrected chi connectivity index (χ0v) is 16.0. The predicted octanol–water partition coefficient (Wildman–Crippen LogP) is 4.93. The number of benzene rings is 2. The van der Waals surface area contributed by atoms with E-state index < -0.39 is 0 Å². The van der Waals surface area contributed by atoms with Gasteiger partial charge in [0, 0.05) is 12.3 Å².